The minimum Gasteiger partial charge on any atom is -0.465 e. The number of carbonyl (C=O) groups is 1. The van der Waals surface area contributed by atoms with E-state index in [-0.39, 0.29) is 19.4 Å². The zero-order valence-electron chi connectivity index (χ0n) is 16.4. The van der Waals surface area contributed by atoms with Crippen LogP contribution in [0.3, 0.4) is 0 Å². The Morgan fingerprint density at radius 3 is 2.70 bits per heavy atom. The number of pyridine rings is 1. The molecule has 6 nitrogen and oxygen atoms in total. The topological polar surface area (TPSA) is 62.1 Å². The number of carbonyl (C=O) groups excluding carboxylic acids is 1. The van der Waals surface area contributed by atoms with Crippen molar-refractivity contribution in [1.82, 2.24) is 9.38 Å². The van der Waals surface area contributed by atoms with Crippen molar-refractivity contribution in [2.45, 2.75) is 12.8 Å². The summed E-state index contributed by atoms with van der Waals surface area (Å²) < 4.78 is 18.4. The number of imidazole rings is 1. The summed E-state index contributed by atoms with van der Waals surface area (Å²) in [5.41, 5.74) is 3.97. The summed E-state index contributed by atoms with van der Waals surface area (Å²) in [6.45, 7) is 2.27. The first-order valence-electron chi connectivity index (χ1n) is 9.85. The number of hydrogen-bond acceptors (Lipinski definition) is 5. The Bertz CT molecular complexity index is 1220. The van der Waals surface area contributed by atoms with E-state index in [9.17, 15) is 4.79 Å². The van der Waals surface area contributed by atoms with Gasteiger partial charge in [-0.15, -0.1) is 0 Å². The summed E-state index contributed by atoms with van der Waals surface area (Å²) in [4.78, 5) is 18.1. The fourth-order valence-corrected chi connectivity index (χ4v) is 3.82. The van der Waals surface area contributed by atoms with Crippen molar-refractivity contribution < 1.29 is 19.0 Å². The first-order valence-corrected chi connectivity index (χ1v) is 9.85. The predicted molar refractivity (Wildman–Crippen MR) is 112 cm³/mol. The molecule has 0 saturated heterocycles. The van der Waals surface area contributed by atoms with Crippen molar-refractivity contribution in [1.29, 1.82) is 0 Å². The molecular formula is C24H20N2O4. The van der Waals surface area contributed by atoms with E-state index in [1.165, 1.54) is 0 Å². The van der Waals surface area contributed by atoms with Gasteiger partial charge in [-0.2, -0.15) is 0 Å². The van der Waals surface area contributed by atoms with Gasteiger partial charge in [0.25, 0.3) is 0 Å². The summed E-state index contributed by atoms with van der Waals surface area (Å²) in [5.74, 6) is 0.283. The predicted octanol–water partition coefficient (Wildman–Crippen LogP) is 4.43. The van der Waals surface area contributed by atoms with Gasteiger partial charge in [0.15, 0.2) is 11.5 Å². The standard InChI is InChI=1S/C24H20N2O4/c1-2-28-24(27)21(17-11-12-18-19(14-17)30-15-29-18)23-22(16-8-4-3-5-9-16)25-20-10-6-7-13-26(20)23/h3-14,21H,2,15H2,1H3. The first-order chi connectivity index (χ1) is 14.8. The molecule has 0 N–H and O–H groups in total. The van der Waals surface area contributed by atoms with Gasteiger partial charge in [0, 0.05) is 11.8 Å². The van der Waals surface area contributed by atoms with Gasteiger partial charge in [0.05, 0.1) is 18.0 Å². The molecule has 30 heavy (non-hydrogen) atoms. The molecular weight excluding hydrogens is 380 g/mol. The SMILES string of the molecule is CCOC(=O)C(c1ccc2c(c1)OCO2)c1c(-c2ccccc2)nc2ccccn12. The van der Waals surface area contributed by atoms with Crippen molar-refractivity contribution >= 4 is 11.6 Å². The summed E-state index contributed by atoms with van der Waals surface area (Å²) in [5, 5.41) is 0. The second-order valence-electron chi connectivity index (χ2n) is 6.94. The van der Waals surface area contributed by atoms with Crippen LogP contribution in [0, 0.1) is 0 Å². The lowest BCUT2D eigenvalue weighted by molar-refractivity contribution is -0.143. The molecule has 5 rings (SSSR count). The number of benzene rings is 2. The highest BCUT2D eigenvalue weighted by atomic mass is 16.7. The summed E-state index contributed by atoms with van der Waals surface area (Å²) >= 11 is 0. The van der Waals surface area contributed by atoms with Crippen LogP contribution in [-0.2, 0) is 9.53 Å². The molecule has 1 atom stereocenters. The normalized spacial score (nSPS) is 13.4. The molecule has 0 amide bonds. The average molecular weight is 400 g/mol. The highest BCUT2D eigenvalue weighted by molar-refractivity contribution is 5.86. The number of ether oxygens (including phenoxy) is 3. The molecule has 3 heterocycles. The Kier molecular flexibility index (Phi) is 4.59. The molecule has 0 fully saturated rings. The van der Waals surface area contributed by atoms with Gasteiger partial charge in [0.2, 0.25) is 6.79 Å². The van der Waals surface area contributed by atoms with Gasteiger partial charge in [-0.25, -0.2) is 4.98 Å². The van der Waals surface area contributed by atoms with E-state index in [0.717, 1.165) is 28.2 Å². The zero-order valence-corrected chi connectivity index (χ0v) is 16.4. The molecule has 0 bridgehead atoms. The summed E-state index contributed by atoms with van der Waals surface area (Å²) in [7, 11) is 0. The lowest BCUT2D eigenvalue weighted by Crippen LogP contribution is -2.19. The van der Waals surface area contributed by atoms with Crippen LogP contribution in [0.4, 0.5) is 0 Å². The fourth-order valence-electron chi connectivity index (χ4n) is 3.82. The number of nitrogens with zero attached hydrogens (tertiary/aromatic N) is 2. The maximum absolute atomic E-state index is 13.2. The fraction of sp³-hybridized carbons (Fsp3) is 0.167. The van der Waals surface area contributed by atoms with Crippen molar-refractivity contribution in [2.75, 3.05) is 13.4 Å². The lowest BCUT2D eigenvalue weighted by Gasteiger charge is -2.18. The van der Waals surface area contributed by atoms with Crippen LogP contribution in [0.5, 0.6) is 11.5 Å². The molecule has 0 saturated carbocycles. The van der Waals surface area contributed by atoms with Crippen molar-refractivity contribution in [2.24, 2.45) is 0 Å². The number of hydrogen-bond donors (Lipinski definition) is 0. The van der Waals surface area contributed by atoms with Crippen molar-refractivity contribution in [3.63, 3.8) is 0 Å². The molecule has 0 radical (unpaired) electrons. The van der Waals surface area contributed by atoms with E-state index in [1.807, 2.05) is 77.3 Å². The van der Waals surface area contributed by atoms with Gasteiger partial charge in [-0.1, -0.05) is 42.5 Å². The van der Waals surface area contributed by atoms with Gasteiger partial charge in [-0.3, -0.25) is 4.79 Å². The minimum atomic E-state index is -0.674. The van der Waals surface area contributed by atoms with E-state index in [1.54, 1.807) is 6.92 Å². The quantitative estimate of drug-likeness (QED) is 0.464. The minimum absolute atomic E-state index is 0.174. The van der Waals surface area contributed by atoms with E-state index in [0.29, 0.717) is 11.5 Å². The Morgan fingerprint density at radius 2 is 1.87 bits per heavy atom. The highest BCUT2D eigenvalue weighted by Crippen LogP contribution is 2.39. The van der Waals surface area contributed by atoms with E-state index in [4.69, 9.17) is 19.2 Å². The number of rotatable bonds is 5. The van der Waals surface area contributed by atoms with E-state index >= 15 is 0 Å². The molecule has 2 aromatic heterocycles. The van der Waals surface area contributed by atoms with Crippen LogP contribution >= 0.6 is 0 Å². The monoisotopic (exact) mass is 400 g/mol. The van der Waals surface area contributed by atoms with Gasteiger partial charge >= 0.3 is 5.97 Å². The molecule has 1 unspecified atom stereocenters. The molecule has 150 valence electrons. The Balaban J connectivity index is 1.76. The van der Waals surface area contributed by atoms with Crippen LogP contribution in [0.2, 0.25) is 0 Å². The summed E-state index contributed by atoms with van der Waals surface area (Å²) in [6, 6.07) is 21.2. The largest absolute Gasteiger partial charge is 0.465 e. The molecule has 6 heteroatoms. The zero-order chi connectivity index (χ0) is 20.5. The maximum Gasteiger partial charge on any atom is 0.319 e. The Hall–Kier alpha value is -3.80. The van der Waals surface area contributed by atoms with Crippen LogP contribution < -0.4 is 9.47 Å². The van der Waals surface area contributed by atoms with Crippen LogP contribution in [0.15, 0.2) is 72.9 Å². The third-order valence-electron chi connectivity index (χ3n) is 5.14. The van der Waals surface area contributed by atoms with Crippen molar-refractivity contribution in [3.05, 3.63) is 84.2 Å². The third-order valence-corrected chi connectivity index (χ3v) is 5.14. The smallest absolute Gasteiger partial charge is 0.319 e. The van der Waals surface area contributed by atoms with Gasteiger partial charge in [0.1, 0.15) is 11.6 Å². The molecule has 1 aliphatic heterocycles. The lowest BCUT2D eigenvalue weighted by atomic mass is 9.92. The van der Waals surface area contributed by atoms with E-state index in [2.05, 4.69) is 0 Å². The highest BCUT2D eigenvalue weighted by Gasteiger charge is 2.32. The van der Waals surface area contributed by atoms with E-state index < -0.39 is 5.92 Å². The van der Waals surface area contributed by atoms with Crippen LogP contribution in [0.1, 0.15) is 24.1 Å². The maximum atomic E-state index is 13.2. The number of fused-ring (bicyclic) bond motifs is 2. The number of esters is 1. The molecule has 0 spiro atoms. The Morgan fingerprint density at radius 1 is 1.07 bits per heavy atom. The van der Waals surface area contributed by atoms with Gasteiger partial charge < -0.3 is 18.6 Å². The first kappa shape index (κ1) is 18.2. The van der Waals surface area contributed by atoms with Crippen LogP contribution in [0.25, 0.3) is 16.9 Å². The van der Waals surface area contributed by atoms with Crippen molar-refractivity contribution in [3.8, 4) is 22.8 Å². The van der Waals surface area contributed by atoms with Gasteiger partial charge in [-0.05, 0) is 36.8 Å². The Labute approximate surface area is 173 Å². The third kappa shape index (κ3) is 3.06. The second kappa shape index (κ2) is 7.55. The second-order valence-corrected chi connectivity index (χ2v) is 6.94. The molecule has 0 aliphatic carbocycles. The molecule has 1 aliphatic rings. The summed E-state index contributed by atoms with van der Waals surface area (Å²) in [6.07, 6.45) is 1.92. The molecule has 4 aromatic rings. The average Bonchev–Trinajstić information content (AvgIpc) is 3.40. The molecule has 2 aromatic carbocycles. The van der Waals surface area contributed by atoms with Crippen LogP contribution in [-0.4, -0.2) is 28.8 Å². The number of aromatic nitrogens is 2.